The van der Waals surface area contributed by atoms with Crippen LogP contribution in [0.4, 0.5) is 0 Å². The maximum atomic E-state index is 12.3. The number of benzene rings is 1. The first-order chi connectivity index (χ1) is 10.7. The number of sulfone groups is 1. The monoisotopic (exact) mass is 337 g/mol. The summed E-state index contributed by atoms with van der Waals surface area (Å²) >= 11 is 0. The highest BCUT2D eigenvalue weighted by atomic mass is 32.2. The molecule has 0 bridgehead atoms. The van der Waals surface area contributed by atoms with E-state index >= 15 is 0 Å². The summed E-state index contributed by atoms with van der Waals surface area (Å²) in [4.78, 5) is 12.2. The molecule has 0 aliphatic heterocycles. The molecule has 1 atom stereocenters. The van der Waals surface area contributed by atoms with Gasteiger partial charge < -0.3 is 5.32 Å². The largest absolute Gasteiger partial charge is 0.352 e. The number of nitrogens with one attached hydrogen (secondary N) is 1. The van der Waals surface area contributed by atoms with Crippen molar-refractivity contribution in [1.82, 2.24) is 5.32 Å². The maximum absolute atomic E-state index is 12.3. The standard InChI is InChI=1S/C18H27NO3S/c1-14(18(2,3)15-9-5-4-6-10-15)19-17(20)13-23(21,22)16-11-7-8-12-16/h4-6,9-10,14,16H,7-8,11-13H2,1-3H3,(H,19,20). The fourth-order valence-corrected chi connectivity index (χ4v) is 4.87. The van der Waals surface area contributed by atoms with Crippen LogP contribution in [0.1, 0.15) is 52.0 Å². The first-order valence-electron chi connectivity index (χ1n) is 8.30. The molecule has 2 rings (SSSR count). The number of hydrogen-bond donors (Lipinski definition) is 1. The number of amides is 1. The molecule has 0 radical (unpaired) electrons. The third-order valence-corrected chi connectivity index (χ3v) is 7.27. The third kappa shape index (κ3) is 4.34. The van der Waals surface area contributed by atoms with Gasteiger partial charge in [-0.3, -0.25) is 4.79 Å². The van der Waals surface area contributed by atoms with Gasteiger partial charge in [0.15, 0.2) is 9.84 Å². The Hall–Kier alpha value is -1.36. The summed E-state index contributed by atoms with van der Waals surface area (Å²) in [6.45, 7) is 6.03. The molecule has 1 aliphatic carbocycles. The molecule has 0 spiro atoms. The molecule has 1 N–H and O–H groups in total. The predicted molar refractivity (Wildman–Crippen MR) is 93.1 cm³/mol. The van der Waals surface area contributed by atoms with Crippen LogP contribution in [0.15, 0.2) is 30.3 Å². The van der Waals surface area contributed by atoms with Gasteiger partial charge in [-0.2, -0.15) is 0 Å². The van der Waals surface area contributed by atoms with E-state index in [1.54, 1.807) is 0 Å². The molecule has 1 fully saturated rings. The van der Waals surface area contributed by atoms with E-state index in [0.717, 1.165) is 18.4 Å². The average Bonchev–Trinajstić information content (AvgIpc) is 3.02. The van der Waals surface area contributed by atoms with Crippen LogP contribution in [-0.2, 0) is 20.0 Å². The lowest BCUT2D eigenvalue weighted by molar-refractivity contribution is -0.119. The van der Waals surface area contributed by atoms with Crippen molar-refractivity contribution in [2.45, 2.75) is 63.2 Å². The van der Waals surface area contributed by atoms with Crippen molar-refractivity contribution in [3.63, 3.8) is 0 Å². The summed E-state index contributed by atoms with van der Waals surface area (Å²) in [6.07, 6.45) is 3.28. The van der Waals surface area contributed by atoms with E-state index in [2.05, 4.69) is 19.2 Å². The molecule has 0 heterocycles. The van der Waals surface area contributed by atoms with Crippen LogP contribution in [0.25, 0.3) is 0 Å². The second kappa shape index (κ2) is 7.04. The summed E-state index contributed by atoms with van der Waals surface area (Å²) in [5, 5.41) is 2.55. The second-order valence-electron chi connectivity index (χ2n) is 7.09. The number of rotatable bonds is 6. The van der Waals surface area contributed by atoms with Crippen LogP contribution in [0.2, 0.25) is 0 Å². The van der Waals surface area contributed by atoms with Gasteiger partial charge in [-0.1, -0.05) is 57.0 Å². The summed E-state index contributed by atoms with van der Waals surface area (Å²) < 4.78 is 24.6. The molecule has 23 heavy (non-hydrogen) atoms. The van der Waals surface area contributed by atoms with Gasteiger partial charge in [-0.25, -0.2) is 8.42 Å². The van der Waals surface area contributed by atoms with Crippen LogP contribution < -0.4 is 5.32 Å². The minimum absolute atomic E-state index is 0.156. The summed E-state index contributed by atoms with van der Waals surface area (Å²) in [5.74, 6) is -0.791. The highest BCUT2D eigenvalue weighted by Gasteiger charge is 2.33. The van der Waals surface area contributed by atoms with Crippen molar-refractivity contribution in [2.24, 2.45) is 0 Å². The molecule has 1 saturated carbocycles. The molecule has 1 aromatic carbocycles. The van der Waals surface area contributed by atoms with E-state index < -0.39 is 21.5 Å². The minimum atomic E-state index is -3.33. The van der Waals surface area contributed by atoms with Crippen LogP contribution >= 0.6 is 0 Å². The molecule has 4 nitrogen and oxygen atoms in total. The topological polar surface area (TPSA) is 63.2 Å². The molecule has 5 heteroatoms. The number of hydrogen-bond acceptors (Lipinski definition) is 3. The van der Waals surface area contributed by atoms with E-state index in [1.807, 2.05) is 37.3 Å². The number of carbonyl (C=O) groups is 1. The lowest BCUT2D eigenvalue weighted by Gasteiger charge is -2.33. The van der Waals surface area contributed by atoms with E-state index in [0.29, 0.717) is 12.8 Å². The Morgan fingerprint density at radius 3 is 2.35 bits per heavy atom. The molecule has 0 saturated heterocycles. The fourth-order valence-electron chi connectivity index (χ4n) is 3.13. The van der Waals surface area contributed by atoms with Gasteiger partial charge in [0.25, 0.3) is 0 Å². The van der Waals surface area contributed by atoms with Gasteiger partial charge >= 0.3 is 0 Å². The highest BCUT2D eigenvalue weighted by Crippen LogP contribution is 2.27. The second-order valence-corrected chi connectivity index (χ2v) is 9.37. The molecule has 1 amide bonds. The van der Waals surface area contributed by atoms with Crippen LogP contribution in [0.3, 0.4) is 0 Å². The van der Waals surface area contributed by atoms with Gasteiger partial charge in [0.2, 0.25) is 5.91 Å². The van der Waals surface area contributed by atoms with Crippen molar-refractivity contribution in [1.29, 1.82) is 0 Å². The smallest absolute Gasteiger partial charge is 0.235 e. The molecule has 1 unspecified atom stereocenters. The minimum Gasteiger partial charge on any atom is -0.352 e. The molecular formula is C18H27NO3S. The Morgan fingerprint density at radius 1 is 1.22 bits per heavy atom. The fraction of sp³-hybridized carbons (Fsp3) is 0.611. The zero-order valence-corrected chi connectivity index (χ0v) is 15.0. The van der Waals surface area contributed by atoms with Gasteiger partial charge in [0.1, 0.15) is 5.75 Å². The van der Waals surface area contributed by atoms with E-state index in [1.165, 1.54) is 0 Å². The summed E-state index contributed by atoms with van der Waals surface area (Å²) in [5.41, 5.74) is 0.847. The lowest BCUT2D eigenvalue weighted by atomic mass is 9.78. The summed E-state index contributed by atoms with van der Waals surface area (Å²) in [7, 11) is -3.33. The lowest BCUT2D eigenvalue weighted by Crippen LogP contribution is -2.47. The SMILES string of the molecule is CC(NC(=O)CS(=O)(=O)C1CCCC1)C(C)(C)c1ccccc1. The zero-order valence-electron chi connectivity index (χ0n) is 14.2. The van der Waals surface area contributed by atoms with E-state index in [9.17, 15) is 13.2 Å². The summed E-state index contributed by atoms with van der Waals surface area (Å²) in [6, 6.07) is 9.79. The van der Waals surface area contributed by atoms with Gasteiger partial charge in [0, 0.05) is 11.5 Å². The van der Waals surface area contributed by atoms with Gasteiger partial charge in [0.05, 0.1) is 5.25 Å². The quantitative estimate of drug-likeness (QED) is 0.868. The Balaban J connectivity index is 1.99. The molecule has 128 valence electrons. The zero-order chi connectivity index (χ0) is 17.1. The molecule has 1 aromatic rings. The van der Waals surface area contributed by atoms with Crippen LogP contribution in [0.5, 0.6) is 0 Å². The van der Waals surface area contributed by atoms with E-state index in [4.69, 9.17) is 0 Å². The first kappa shape index (κ1) is 18.0. The predicted octanol–water partition coefficient (Wildman–Crippen LogP) is 2.83. The first-order valence-corrected chi connectivity index (χ1v) is 10.0. The number of carbonyl (C=O) groups excluding carboxylic acids is 1. The van der Waals surface area contributed by atoms with Crippen LogP contribution in [0, 0.1) is 0 Å². The highest BCUT2D eigenvalue weighted by molar-refractivity contribution is 7.92. The van der Waals surface area contributed by atoms with Crippen LogP contribution in [-0.4, -0.2) is 31.4 Å². The Bertz CT molecular complexity index is 631. The Kier molecular flexibility index (Phi) is 5.50. The maximum Gasteiger partial charge on any atom is 0.235 e. The average molecular weight is 337 g/mol. The van der Waals surface area contributed by atoms with Crippen molar-refractivity contribution in [3.05, 3.63) is 35.9 Å². The third-order valence-electron chi connectivity index (χ3n) is 5.12. The van der Waals surface area contributed by atoms with E-state index in [-0.39, 0.29) is 16.7 Å². The van der Waals surface area contributed by atoms with Crippen molar-refractivity contribution in [3.8, 4) is 0 Å². The Morgan fingerprint density at radius 2 is 1.78 bits per heavy atom. The molecular weight excluding hydrogens is 310 g/mol. The molecule has 0 aromatic heterocycles. The normalized spacial score (nSPS) is 17.9. The van der Waals surface area contributed by atoms with Gasteiger partial charge in [-0.15, -0.1) is 0 Å². The molecule has 1 aliphatic rings. The van der Waals surface area contributed by atoms with Crippen molar-refractivity contribution < 1.29 is 13.2 Å². The van der Waals surface area contributed by atoms with Gasteiger partial charge in [-0.05, 0) is 25.3 Å². The van der Waals surface area contributed by atoms with Crippen molar-refractivity contribution >= 4 is 15.7 Å². The van der Waals surface area contributed by atoms with Crippen molar-refractivity contribution in [2.75, 3.05) is 5.75 Å². The Labute approximate surface area is 139 Å².